The van der Waals surface area contributed by atoms with E-state index in [0.29, 0.717) is 29.0 Å². The first-order chi connectivity index (χ1) is 10.0. The third-order valence-corrected chi connectivity index (χ3v) is 5.40. The Morgan fingerprint density at radius 3 is 2.67 bits per heavy atom. The molecule has 4 nitrogen and oxygen atoms in total. The first-order valence-corrected chi connectivity index (χ1v) is 9.37. The number of hydrogen-bond donors (Lipinski definition) is 1. The Hall–Kier alpha value is -0.880. The van der Waals surface area contributed by atoms with E-state index in [9.17, 15) is 4.79 Å². The van der Waals surface area contributed by atoms with Crippen LogP contribution in [0.25, 0.3) is 0 Å². The average Bonchev–Trinajstić information content (AvgIpc) is 2.73. The quantitative estimate of drug-likeness (QED) is 0.690. The molecule has 0 bridgehead atoms. The minimum Gasteiger partial charge on any atom is -0.484 e. The lowest BCUT2D eigenvalue weighted by molar-refractivity contribution is 0.0527. The highest BCUT2D eigenvalue weighted by Crippen LogP contribution is 2.37. The van der Waals surface area contributed by atoms with Gasteiger partial charge in [0.15, 0.2) is 5.06 Å². The summed E-state index contributed by atoms with van der Waals surface area (Å²) in [5.74, 6) is -0.369. The van der Waals surface area contributed by atoms with Crippen molar-refractivity contribution in [1.29, 1.82) is 0 Å². The molecule has 120 valence electrons. The maximum atomic E-state index is 11.9. The van der Waals surface area contributed by atoms with Gasteiger partial charge in [-0.1, -0.05) is 24.7 Å². The van der Waals surface area contributed by atoms with Crippen molar-refractivity contribution in [1.82, 2.24) is 0 Å². The van der Waals surface area contributed by atoms with Gasteiger partial charge < -0.3 is 15.2 Å². The molecular formula is C15H25NO3S2. The number of carbonyl (C=O) groups excluding carboxylic acids is 1. The van der Waals surface area contributed by atoms with Gasteiger partial charge in [0.25, 0.3) is 0 Å². The van der Waals surface area contributed by atoms with Crippen LogP contribution in [-0.4, -0.2) is 30.7 Å². The summed E-state index contributed by atoms with van der Waals surface area (Å²) in [6.07, 6.45) is 5.52. The van der Waals surface area contributed by atoms with Crippen LogP contribution in [0.5, 0.6) is 5.06 Å². The number of rotatable bonds is 9. The van der Waals surface area contributed by atoms with Crippen molar-refractivity contribution < 1.29 is 14.3 Å². The molecule has 0 spiro atoms. The maximum Gasteiger partial charge on any atom is 0.341 e. The summed E-state index contributed by atoms with van der Waals surface area (Å²) < 4.78 is 10.8. The lowest BCUT2D eigenvalue weighted by Crippen LogP contribution is -2.09. The van der Waals surface area contributed by atoms with E-state index in [1.807, 2.05) is 18.7 Å². The second kappa shape index (κ2) is 9.20. The molecule has 0 fully saturated rings. The van der Waals surface area contributed by atoms with Crippen molar-refractivity contribution >= 4 is 34.1 Å². The van der Waals surface area contributed by atoms with Crippen molar-refractivity contribution in [2.24, 2.45) is 0 Å². The molecule has 0 aliphatic heterocycles. The monoisotopic (exact) mass is 331 g/mol. The first kappa shape index (κ1) is 18.2. The van der Waals surface area contributed by atoms with Gasteiger partial charge in [-0.2, -0.15) is 11.8 Å². The molecule has 0 amide bonds. The average molecular weight is 332 g/mol. The number of ether oxygens (including phenoxy) is 2. The standard InChI is InChI=1S/C15H25NO3S2/c1-5-7-11(20-4)8-9-19-15-10(3)12(13(16)21-15)14(17)18-6-2/h11H,5-9,16H2,1-4H3. The number of thioether (sulfide) groups is 1. The Kier molecular flexibility index (Phi) is 7.96. The molecule has 1 unspecified atom stereocenters. The number of hydrogen-bond acceptors (Lipinski definition) is 6. The van der Waals surface area contributed by atoms with E-state index < -0.39 is 0 Å². The number of esters is 1. The number of nitrogens with two attached hydrogens (primary N) is 1. The highest BCUT2D eigenvalue weighted by molar-refractivity contribution is 7.99. The number of anilines is 1. The van der Waals surface area contributed by atoms with Crippen molar-refractivity contribution in [3.8, 4) is 5.06 Å². The van der Waals surface area contributed by atoms with Gasteiger partial charge >= 0.3 is 5.97 Å². The normalized spacial score (nSPS) is 12.2. The minimum absolute atomic E-state index is 0.343. The van der Waals surface area contributed by atoms with Gasteiger partial charge in [0.1, 0.15) is 10.6 Å². The van der Waals surface area contributed by atoms with Gasteiger partial charge in [-0.25, -0.2) is 4.79 Å². The van der Waals surface area contributed by atoms with Gasteiger partial charge in [-0.05, 0) is 32.9 Å². The van der Waals surface area contributed by atoms with E-state index in [1.54, 1.807) is 6.92 Å². The fourth-order valence-corrected chi connectivity index (χ4v) is 3.83. The molecule has 1 atom stereocenters. The van der Waals surface area contributed by atoms with Gasteiger partial charge in [-0.3, -0.25) is 0 Å². The van der Waals surface area contributed by atoms with Gasteiger partial charge in [0.2, 0.25) is 0 Å². The molecule has 0 radical (unpaired) electrons. The van der Waals surface area contributed by atoms with Crippen molar-refractivity contribution in [2.45, 2.75) is 45.3 Å². The van der Waals surface area contributed by atoms with Crippen molar-refractivity contribution in [3.63, 3.8) is 0 Å². The molecule has 1 aromatic rings. The Labute approximate surface area is 135 Å². The van der Waals surface area contributed by atoms with E-state index >= 15 is 0 Å². The fourth-order valence-electron chi connectivity index (χ4n) is 2.09. The Morgan fingerprint density at radius 1 is 1.38 bits per heavy atom. The lowest BCUT2D eigenvalue weighted by Gasteiger charge is -2.13. The largest absolute Gasteiger partial charge is 0.484 e. The van der Waals surface area contributed by atoms with Crippen molar-refractivity contribution in [2.75, 3.05) is 25.2 Å². The zero-order valence-corrected chi connectivity index (χ0v) is 14.9. The molecule has 1 aromatic heterocycles. The van der Waals surface area contributed by atoms with Crippen LogP contribution in [0, 0.1) is 6.92 Å². The summed E-state index contributed by atoms with van der Waals surface area (Å²) in [7, 11) is 0. The van der Waals surface area contributed by atoms with Gasteiger partial charge in [0, 0.05) is 10.8 Å². The summed E-state index contributed by atoms with van der Waals surface area (Å²) in [5.41, 5.74) is 7.15. The molecule has 1 heterocycles. The topological polar surface area (TPSA) is 61.5 Å². The van der Waals surface area contributed by atoms with Crippen LogP contribution in [0.15, 0.2) is 0 Å². The van der Waals surface area contributed by atoms with Crippen molar-refractivity contribution in [3.05, 3.63) is 11.1 Å². The third kappa shape index (κ3) is 5.11. The van der Waals surface area contributed by atoms with Crippen LogP contribution in [0.4, 0.5) is 5.00 Å². The van der Waals surface area contributed by atoms with E-state index in [0.717, 1.165) is 17.0 Å². The summed E-state index contributed by atoms with van der Waals surface area (Å²) >= 11 is 3.19. The molecule has 0 aliphatic carbocycles. The summed E-state index contributed by atoms with van der Waals surface area (Å²) in [4.78, 5) is 11.9. The number of nitrogen functional groups attached to an aromatic ring is 1. The van der Waals surface area contributed by atoms with E-state index in [2.05, 4.69) is 13.2 Å². The summed E-state index contributed by atoms with van der Waals surface area (Å²) in [6, 6.07) is 0. The Balaban J connectivity index is 2.64. The van der Waals surface area contributed by atoms with E-state index in [4.69, 9.17) is 15.2 Å². The fraction of sp³-hybridized carbons (Fsp3) is 0.667. The summed E-state index contributed by atoms with van der Waals surface area (Å²) in [5, 5.41) is 1.82. The van der Waals surface area contributed by atoms with Crippen LogP contribution < -0.4 is 10.5 Å². The van der Waals surface area contributed by atoms with Gasteiger partial charge in [0.05, 0.1) is 13.2 Å². The SMILES string of the molecule is CCCC(CCOc1sc(N)c(C(=O)OCC)c1C)SC. The molecular weight excluding hydrogens is 306 g/mol. The Morgan fingerprint density at radius 2 is 2.10 bits per heavy atom. The van der Waals surface area contributed by atoms with Crippen LogP contribution in [0.2, 0.25) is 0 Å². The third-order valence-electron chi connectivity index (χ3n) is 3.23. The molecule has 1 rings (SSSR count). The van der Waals surface area contributed by atoms with E-state index in [1.165, 1.54) is 24.2 Å². The van der Waals surface area contributed by atoms with Crippen LogP contribution in [-0.2, 0) is 4.74 Å². The zero-order chi connectivity index (χ0) is 15.8. The maximum absolute atomic E-state index is 11.9. The minimum atomic E-state index is -0.369. The summed E-state index contributed by atoms with van der Waals surface area (Å²) in [6.45, 7) is 6.82. The Bertz CT molecular complexity index is 460. The molecule has 0 saturated carbocycles. The predicted octanol–water partition coefficient (Wildman–Crippen LogP) is 4.12. The highest BCUT2D eigenvalue weighted by atomic mass is 32.2. The zero-order valence-electron chi connectivity index (χ0n) is 13.2. The number of thiophene rings is 1. The molecule has 21 heavy (non-hydrogen) atoms. The second-order valence-corrected chi connectivity index (χ2v) is 6.91. The van der Waals surface area contributed by atoms with Crippen LogP contribution in [0.1, 0.15) is 49.0 Å². The molecule has 6 heteroatoms. The smallest absolute Gasteiger partial charge is 0.341 e. The molecule has 2 N–H and O–H groups in total. The molecule has 0 saturated heterocycles. The first-order valence-electron chi connectivity index (χ1n) is 7.26. The van der Waals surface area contributed by atoms with Crippen LogP contribution >= 0.6 is 23.1 Å². The predicted molar refractivity (Wildman–Crippen MR) is 91.7 cm³/mol. The molecule has 0 aliphatic rings. The lowest BCUT2D eigenvalue weighted by atomic mass is 10.2. The van der Waals surface area contributed by atoms with Crippen LogP contribution in [0.3, 0.4) is 0 Å². The molecule has 0 aromatic carbocycles. The van der Waals surface area contributed by atoms with Gasteiger partial charge in [-0.15, -0.1) is 0 Å². The van der Waals surface area contributed by atoms with E-state index in [-0.39, 0.29) is 5.97 Å². The highest BCUT2D eigenvalue weighted by Gasteiger charge is 2.21. The second-order valence-electron chi connectivity index (χ2n) is 4.76. The number of carbonyl (C=O) groups is 1.